The first kappa shape index (κ1) is 16.5. The van der Waals surface area contributed by atoms with Gasteiger partial charge in [0.25, 0.3) is 5.91 Å². The van der Waals surface area contributed by atoms with Crippen LogP contribution in [-0.2, 0) is 6.54 Å². The SMILES string of the molecule is O=C1c2cc(F)c(N3CC4(CCNCC4)C3)cc2CN1C1CCCNC1. The standard InChI is InChI=1S/C20H27FN4O/c21-17-9-16-14(11-25(19(16)26)15-2-1-5-23-10-15)8-18(17)24-12-20(13-24)3-6-22-7-4-20/h8-9,15,22-23H,1-7,10-13H2. The van der Waals surface area contributed by atoms with Crippen molar-refractivity contribution in [2.75, 3.05) is 44.2 Å². The summed E-state index contributed by atoms with van der Waals surface area (Å²) in [6.45, 7) is 6.51. The van der Waals surface area contributed by atoms with Crippen molar-refractivity contribution in [1.29, 1.82) is 0 Å². The van der Waals surface area contributed by atoms with E-state index in [0.29, 0.717) is 23.2 Å². The normalized spacial score (nSPS) is 27.6. The van der Waals surface area contributed by atoms with Gasteiger partial charge in [-0.2, -0.15) is 0 Å². The fourth-order valence-electron chi connectivity index (χ4n) is 5.19. The van der Waals surface area contributed by atoms with Crippen molar-refractivity contribution in [3.63, 3.8) is 0 Å². The highest BCUT2D eigenvalue weighted by Gasteiger charge is 2.44. The Morgan fingerprint density at radius 2 is 1.92 bits per heavy atom. The van der Waals surface area contributed by atoms with Gasteiger partial charge in [0.05, 0.1) is 5.69 Å². The van der Waals surface area contributed by atoms with Gasteiger partial charge in [0.2, 0.25) is 0 Å². The number of rotatable bonds is 2. The maximum Gasteiger partial charge on any atom is 0.254 e. The second-order valence-electron chi connectivity index (χ2n) is 8.50. The van der Waals surface area contributed by atoms with E-state index in [1.54, 1.807) is 0 Å². The molecule has 1 atom stereocenters. The van der Waals surface area contributed by atoms with Gasteiger partial charge >= 0.3 is 0 Å². The summed E-state index contributed by atoms with van der Waals surface area (Å²) < 4.78 is 14.8. The van der Waals surface area contributed by atoms with Crippen LogP contribution in [0.15, 0.2) is 12.1 Å². The first-order valence-corrected chi connectivity index (χ1v) is 9.95. The lowest BCUT2D eigenvalue weighted by Gasteiger charge is -2.53. The molecular weight excluding hydrogens is 331 g/mol. The van der Waals surface area contributed by atoms with E-state index in [0.717, 1.165) is 57.7 Å². The van der Waals surface area contributed by atoms with Crippen LogP contribution < -0.4 is 15.5 Å². The Balaban J connectivity index is 1.35. The average molecular weight is 358 g/mol. The van der Waals surface area contributed by atoms with Crippen molar-refractivity contribution < 1.29 is 9.18 Å². The molecule has 0 radical (unpaired) electrons. The Bertz CT molecular complexity index is 717. The number of piperidine rings is 2. The molecule has 140 valence electrons. The molecule has 5 nitrogen and oxygen atoms in total. The van der Waals surface area contributed by atoms with Gasteiger partial charge in [0.1, 0.15) is 5.82 Å². The Kier molecular flexibility index (Phi) is 3.94. The van der Waals surface area contributed by atoms with Crippen LogP contribution in [0.1, 0.15) is 41.6 Å². The van der Waals surface area contributed by atoms with E-state index in [2.05, 4.69) is 15.5 Å². The summed E-state index contributed by atoms with van der Waals surface area (Å²) in [4.78, 5) is 16.9. The third-order valence-corrected chi connectivity index (χ3v) is 6.77. The molecule has 1 aromatic carbocycles. The first-order valence-electron chi connectivity index (χ1n) is 9.95. The molecule has 26 heavy (non-hydrogen) atoms. The quantitative estimate of drug-likeness (QED) is 0.845. The van der Waals surface area contributed by atoms with Crippen LogP contribution in [0, 0.1) is 11.2 Å². The molecule has 0 saturated carbocycles. The van der Waals surface area contributed by atoms with E-state index in [9.17, 15) is 9.18 Å². The molecule has 1 unspecified atom stereocenters. The number of nitrogens with one attached hydrogen (secondary N) is 2. The molecule has 5 rings (SSSR count). The van der Waals surface area contributed by atoms with Gasteiger partial charge in [-0.05, 0) is 63.0 Å². The molecule has 1 aromatic rings. The summed E-state index contributed by atoms with van der Waals surface area (Å²) in [6, 6.07) is 3.65. The van der Waals surface area contributed by atoms with Crippen molar-refractivity contribution in [2.45, 2.75) is 38.3 Å². The maximum absolute atomic E-state index is 14.8. The predicted octanol–water partition coefficient (Wildman–Crippen LogP) is 1.72. The minimum absolute atomic E-state index is 0.00224. The molecular formula is C20H27FN4O. The Hall–Kier alpha value is -1.66. The molecule has 3 saturated heterocycles. The number of fused-ring (bicyclic) bond motifs is 1. The van der Waals surface area contributed by atoms with E-state index in [1.807, 2.05) is 11.0 Å². The van der Waals surface area contributed by atoms with E-state index in [-0.39, 0.29) is 17.8 Å². The van der Waals surface area contributed by atoms with Crippen LogP contribution in [0.3, 0.4) is 0 Å². The summed E-state index contributed by atoms with van der Waals surface area (Å²) in [5, 5.41) is 6.78. The second-order valence-corrected chi connectivity index (χ2v) is 8.50. The molecule has 4 aliphatic heterocycles. The first-order chi connectivity index (χ1) is 12.7. The molecule has 2 N–H and O–H groups in total. The number of carbonyl (C=O) groups is 1. The number of benzene rings is 1. The molecule has 4 aliphatic rings. The lowest BCUT2D eigenvalue weighted by atomic mass is 9.72. The number of carbonyl (C=O) groups excluding carboxylic acids is 1. The Labute approximate surface area is 153 Å². The molecule has 4 heterocycles. The van der Waals surface area contributed by atoms with Crippen molar-refractivity contribution in [3.05, 3.63) is 29.1 Å². The number of amides is 1. The molecule has 1 amide bonds. The Morgan fingerprint density at radius 3 is 2.65 bits per heavy atom. The zero-order valence-corrected chi connectivity index (χ0v) is 15.2. The minimum Gasteiger partial charge on any atom is -0.368 e. The summed E-state index contributed by atoms with van der Waals surface area (Å²) >= 11 is 0. The van der Waals surface area contributed by atoms with Crippen LogP contribution in [0.5, 0.6) is 0 Å². The number of hydrogen-bond acceptors (Lipinski definition) is 4. The van der Waals surface area contributed by atoms with Crippen molar-refractivity contribution in [2.24, 2.45) is 5.41 Å². The van der Waals surface area contributed by atoms with Crippen LogP contribution in [0.4, 0.5) is 10.1 Å². The minimum atomic E-state index is -0.246. The second kappa shape index (κ2) is 6.20. The maximum atomic E-state index is 14.8. The lowest BCUT2D eigenvalue weighted by Crippen LogP contribution is -2.60. The van der Waals surface area contributed by atoms with E-state index in [1.165, 1.54) is 18.9 Å². The lowest BCUT2D eigenvalue weighted by molar-refractivity contribution is 0.0674. The largest absolute Gasteiger partial charge is 0.368 e. The molecule has 3 fully saturated rings. The summed E-state index contributed by atoms with van der Waals surface area (Å²) in [5.74, 6) is -0.248. The molecule has 1 spiro atoms. The third-order valence-electron chi connectivity index (χ3n) is 6.77. The molecule has 0 aliphatic carbocycles. The summed E-state index contributed by atoms with van der Waals surface area (Å²) in [5.41, 5.74) is 2.60. The van der Waals surface area contributed by atoms with E-state index < -0.39 is 0 Å². The fraction of sp³-hybridized carbons (Fsp3) is 0.650. The van der Waals surface area contributed by atoms with Gasteiger partial charge in [-0.15, -0.1) is 0 Å². The summed E-state index contributed by atoms with van der Waals surface area (Å²) in [7, 11) is 0. The van der Waals surface area contributed by atoms with Gasteiger partial charge in [0, 0.05) is 43.2 Å². The predicted molar refractivity (Wildman–Crippen MR) is 98.9 cm³/mol. The number of nitrogens with zero attached hydrogens (tertiary/aromatic N) is 2. The molecule has 6 heteroatoms. The summed E-state index contributed by atoms with van der Waals surface area (Å²) in [6.07, 6.45) is 4.48. The van der Waals surface area contributed by atoms with Crippen molar-refractivity contribution in [3.8, 4) is 0 Å². The van der Waals surface area contributed by atoms with E-state index in [4.69, 9.17) is 0 Å². The number of anilines is 1. The van der Waals surface area contributed by atoms with Gasteiger partial charge in [-0.25, -0.2) is 4.39 Å². The highest BCUT2D eigenvalue weighted by Crippen LogP contribution is 2.43. The highest BCUT2D eigenvalue weighted by molar-refractivity contribution is 5.99. The zero-order chi connectivity index (χ0) is 17.7. The fourth-order valence-corrected chi connectivity index (χ4v) is 5.19. The van der Waals surface area contributed by atoms with Crippen molar-refractivity contribution >= 4 is 11.6 Å². The molecule has 0 bridgehead atoms. The van der Waals surface area contributed by atoms with Crippen LogP contribution in [0.25, 0.3) is 0 Å². The third kappa shape index (κ3) is 2.62. The highest BCUT2D eigenvalue weighted by atomic mass is 19.1. The van der Waals surface area contributed by atoms with Gasteiger partial charge in [0.15, 0.2) is 0 Å². The smallest absolute Gasteiger partial charge is 0.254 e. The monoisotopic (exact) mass is 358 g/mol. The van der Waals surface area contributed by atoms with Crippen LogP contribution >= 0.6 is 0 Å². The van der Waals surface area contributed by atoms with Crippen LogP contribution in [-0.4, -0.2) is 56.1 Å². The Morgan fingerprint density at radius 1 is 1.12 bits per heavy atom. The topological polar surface area (TPSA) is 47.6 Å². The zero-order valence-electron chi connectivity index (χ0n) is 15.2. The average Bonchev–Trinajstić information content (AvgIpc) is 2.96. The van der Waals surface area contributed by atoms with Gasteiger partial charge in [-0.3, -0.25) is 4.79 Å². The van der Waals surface area contributed by atoms with Crippen molar-refractivity contribution in [1.82, 2.24) is 15.5 Å². The molecule has 0 aromatic heterocycles. The van der Waals surface area contributed by atoms with Crippen LogP contribution in [0.2, 0.25) is 0 Å². The van der Waals surface area contributed by atoms with Gasteiger partial charge < -0.3 is 20.4 Å². The van der Waals surface area contributed by atoms with E-state index >= 15 is 0 Å². The number of hydrogen-bond donors (Lipinski definition) is 2. The van der Waals surface area contributed by atoms with Gasteiger partial charge in [-0.1, -0.05) is 0 Å². The number of halogens is 1.